The summed E-state index contributed by atoms with van der Waals surface area (Å²) in [4.78, 5) is 2.11. The van der Waals surface area contributed by atoms with Crippen LogP contribution in [0.4, 0.5) is 5.69 Å². The zero-order valence-corrected chi connectivity index (χ0v) is 24.2. The highest BCUT2D eigenvalue weighted by molar-refractivity contribution is 7.89. The summed E-state index contributed by atoms with van der Waals surface area (Å²) < 4.78 is 61.2. The first-order chi connectivity index (χ1) is 18.0. The molecule has 1 aliphatic rings. The van der Waals surface area contributed by atoms with Crippen LogP contribution in [0.5, 0.6) is 5.75 Å². The third kappa shape index (κ3) is 6.27. The predicted octanol–water partition coefficient (Wildman–Crippen LogP) is 4.38. The van der Waals surface area contributed by atoms with Gasteiger partial charge in [0, 0.05) is 49.8 Å². The number of likely N-dealkylation sites (N-methyl/N-ethyl adjacent to an activating group) is 1. The molecule has 204 valence electrons. The fourth-order valence-corrected chi connectivity index (χ4v) is 7.65. The lowest BCUT2D eigenvalue weighted by Gasteiger charge is -2.36. The zero-order valence-electron chi connectivity index (χ0n) is 21.0. The number of nitrogens with zero attached hydrogens (tertiary/aromatic N) is 3. The molecule has 3 aromatic carbocycles. The molecule has 0 N–H and O–H groups in total. The van der Waals surface area contributed by atoms with E-state index in [1.807, 2.05) is 35.2 Å². The molecule has 12 heteroatoms. The fraction of sp³-hybridized carbons (Fsp3) is 0.308. The average molecular weight is 599 g/mol. The summed E-state index contributed by atoms with van der Waals surface area (Å²) in [6.45, 7) is 1.42. The minimum atomic E-state index is -3.80. The van der Waals surface area contributed by atoms with E-state index in [-0.39, 0.29) is 32.9 Å². The molecule has 1 aliphatic heterocycles. The minimum absolute atomic E-state index is 0.0349. The smallest absolute Gasteiger partial charge is 0.243 e. The third-order valence-corrected chi connectivity index (χ3v) is 10.6. The van der Waals surface area contributed by atoms with E-state index in [4.69, 9.17) is 27.9 Å². The molecule has 1 heterocycles. The Morgan fingerprint density at radius 3 is 2.08 bits per heavy atom. The second kappa shape index (κ2) is 11.8. The van der Waals surface area contributed by atoms with Gasteiger partial charge in [0.1, 0.15) is 5.75 Å². The van der Waals surface area contributed by atoms with Gasteiger partial charge in [-0.15, -0.1) is 0 Å². The van der Waals surface area contributed by atoms with Crippen molar-refractivity contribution in [3.05, 3.63) is 82.3 Å². The number of halogens is 2. The zero-order chi connectivity index (χ0) is 27.5. The summed E-state index contributed by atoms with van der Waals surface area (Å²) in [6.07, 6.45) is 0.591. The molecule has 0 aromatic heterocycles. The van der Waals surface area contributed by atoms with E-state index in [1.165, 1.54) is 40.0 Å². The maximum Gasteiger partial charge on any atom is 0.243 e. The summed E-state index contributed by atoms with van der Waals surface area (Å²) in [5.74, 6) is 0.508. The van der Waals surface area contributed by atoms with Gasteiger partial charge < -0.3 is 9.64 Å². The van der Waals surface area contributed by atoms with E-state index in [1.54, 1.807) is 19.2 Å². The number of hydrogen-bond acceptors (Lipinski definition) is 6. The van der Waals surface area contributed by atoms with Gasteiger partial charge in [-0.3, -0.25) is 0 Å². The second-order valence-corrected chi connectivity index (χ2v) is 13.7. The Hall–Kier alpha value is -2.34. The van der Waals surface area contributed by atoms with Gasteiger partial charge >= 0.3 is 0 Å². The molecule has 0 aliphatic carbocycles. The molecule has 0 bridgehead atoms. The maximum atomic E-state index is 13.3. The first kappa shape index (κ1) is 28.7. The molecule has 4 rings (SSSR count). The van der Waals surface area contributed by atoms with Crippen LogP contribution in [-0.2, 0) is 26.5 Å². The van der Waals surface area contributed by atoms with E-state index in [9.17, 15) is 16.8 Å². The molecule has 3 aromatic rings. The number of ether oxygens (including phenoxy) is 1. The van der Waals surface area contributed by atoms with Crippen LogP contribution >= 0.6 is 23.2 Å². The van der Waals surface area contributed by atoms with Crippen LogP contribution in [0.25, 0.3) is 0 Å². The average Bonchev–Trinajstić information content (AvgIpc) is 2.91. The Morgan fingerprint density at radius 2 is 1.47 bits per heavy atom. The molecule has 0 amide bonds. The first-order valence-electron chi connectivity index (χ1n) is 11.9. The normalized spacial score (nSPS) is 15.1. The van der Waals surface area contributed by atoms with E-state index in [0.29, 0.717) is 37.5 Å². The Morgan fingerprint density at radius 1 is 0.842 bits per heavy atom. The van der Waals surface area contributed by atoms with Gasteiger partial charge in [0.15, 0.2) is 0 Å². The van der Waals surface area contributed by atoms with Crippen LogP contribution < -0.4 is 9.64 Å². The fourth-order valence-electron chi connectivity index (χ4n) is 4.30. The monoisotopic (exact) mass is 597 g/mol. The molecular weight excluding hydrogens is 569 g/mol. The Labute approximate surface area is 234 Å². The summed E-state index contributed by atoms with van der Waals surface area (Å²) in [5, 5.41) is 0.484. The van der Waals surface area contributed by atoms with Crippen molar-refractivity contribution in [2.75, 3.05) is 51.8 Å². The minimum Gasteiger partial charge on any atom is -0.495 e. The molecule has 0 atom stereocenters. The first-order valence-corrected chi connectivity index (χ1v) is 15.6. The lowest BCUT2D eigenvalue weighted by atomic mass is 10.2. The topological polar surface area (TPSA) is 87.2 Å². The van der Waals surface area contributed by atoms with Crippen LogP contribution in [-0.4, -0.2) is 72.3 Å². The lowest BCUT2D eigenvalue weighted by molar-refractivity contribution is 0.378. The highest BCUT2D eigenvalue weighted by Gasteiger charge is 2.31. The number of rotatable bonds is 9. The van der Waals surface area contributed by atoms with Gasteiger partial charge in [0.2, 0.25) is 20.0 Å². The van der Waals surface area contributed by atoms with Gasteiger partial charge in [-0.05, 0) is 48.4 Å². The van der Waals surface area contributed by atoms with Crippen molar-refractivity contribution in [1.29, 1.82) is 0 Å². The summed E-state index contributed by atoms with van der Waals surface area (Å²) in [5.41, 5.74) is 1.64. The second-order valence-electron chi connectivity index (χ2n) is 8.89. The predicted molar refractivity (Wildman–Crippen MR) is 150 cm³/mol. The lowest BCUT2D eigenvalue weighted by Crippen LogP contribution is -2.48. The van der Waals surface area contributed by atoms with Crippen molar-refractivity contribution < 1.29 is 21.6 Å². The number of anilines is 1. The van der Waals surface area contributed by atoms with Gasteiger partial charge in [0.25, 0.3) is 0 Å². The van der Waals surface area contributed by atoms with Gasteiger partial charge in [0.05, 0.1) is 22.6 Å². The number of sulfonamides is 2. The van der Waals surface area contributed by atoms with Gasteiger partial charge in [-0.25, -0.2) is 21.1 Å². The summed E-state index contributed by atoms with van der Waals surface area (Å²) >= 11 is 12.0. The van der Waals surface area contributed by atoms with E-state index >= 15 is 0 Å². The molecule has 1 fully saturated rings. The molecule has 0 unspecified atom stereocenters. The summed E-state index contributed by atoms with van der Waals surface area (Å²) in [7, 11) is -4.47. The van der Waals surface area contributed by atoms with Crippen molar-refractivity contribution >= 4 is 48.9 Å². The molecular formula is C26H29Cl2N3O5S2. The van der Waals surface area contributed by atoms with Crippen LogP contribution in [0.15, 0.2) is 76.5 Å². The maximum absolute atomic E-state index is 13.3. The van der Waals surface area contributed by atoms with Crippen LogP contribution in [0.2, 0.25) is 10.0 Å². The molecule has 0 spiro atoms. The quantitative estimate of drug-likeness (QED) is 0.364. The Kier molecular flexibility index (Phi) is 8.91. The highest BCUT2D eigenvalue weighted by atomic mass is 35.5. The molecule has 0 radical (unpaired) electrons. The van der Waals surface area contributed by atoms with Crippen LogP contribution in [0.3, 0.4) is 0 Å². The van der Waals surface area contributed by atoms with Crippen molar-refractivity contribution in [3.8, 4) is 5.75 Å². The standard InChI is InChI=1S/C26H29Cl2N3O5S2/c1-29(11-10-20-6-4-3-5-7-20)37(32,33)23-8-9-26(36-2)25(19-23)30-12-14-31(15-13-30)38(34,35)24-17-21(27)16-22(28)18-24/h3-9,16-19H,10-15H2,1-2H3. The van der Waals surface area contributed by atoms with Gasteiger partial charge in [-0.2, -0.15) is 4.31 Å². The largest absolute Gasteiger partial charge is 0.495 e. The van der Waals surface area contributed by atoms with Crippen molar-refractivity contribution in [2.24, 2.45) is 0 Å². The van der Waals surface area contributed by atoms with E-state index in [2.05, 4.69) is 0 Å². The number of benzene rings is 3. The van der Waals surface area contributed by atoms with Gasteiger partial charge in [-0.1, -0.05) is 53.5 Å². The van der Waals surface area contributed by atoms with Crippen molar-refractivity contribution in [2.45, 2.75) is 16.2 Å². The molecule has 8 nitrogen and oxygen atoms in total. The van der Waals surface area contributed by atoms with E-state index < -0.39 is 20.0 Å². The molecule has 38 heavy (non-hydrogen) atoms. The molecule has 1 saturated heterocycles. The third-order valence-electron chi connectivity index (χ3n) is 6.47. The van der Waals surface area contributed by atoms with Crippen LogP contribution in [0.1, 0.15) is 5.56 Å². The Bertz CT molecular complexity index is 1470. The van der Waals surface area contributed by atoms with Crippen molar-refractivity contribution in [1.82, 2.24) is 8.61 Å². The van der Waals surface area contributed by atoms with Crippen LogP contribution in [0, 0.1) is 0 Å². The SMILES string of the molecule is COc1ccc(S(=O)(=O)N(C)CCc2ccccc2)cc1N1CCN(S(=O)(=O)c2cc(Cl)cc(Cl)c2)CC1. The van der Waals surface area contributed by atoms with Crippen molar-refractivity contribution in [3.63, 3.8) is 0 Å². The molecule has 0 saturated carbocycles. The Balaban J connectivity index is 1.50. The highest BCUT2D eigenvalue weighted by Crippen LogP contribution is 2.33. The number of methoxy groups -OCH3 is 1. The number of piperazine rings is 1. The summed E-state index contributed by atoms with van der Waals surface area (Å²) in [6, 6.07) is 18.7. The number of hydrogen-bond donors (Lipinski definition) is 0. The van der Waals surface area contributed by atoms with E-state index in [0.717, 1.165) is 5.56 Å².